The van der Waals surface area contributed by atoms with Gasteiger partial charge in [-0.05, 0) is 97.7 Å². The van der Waals surface area contributed by atoms with Crippen molar-refractivity contribution in [3.63, 3.8) is 0 Å². The molecule has 298 valence electrons. The van der Waals surface area contributed by atoms with Gasteiger partial charge in [-0.15, -0.1) is 0 Å². The molecule has 0 radical (unpaired) electrons. The highest BCUT2D eigenvalue weighted by atomic mass is 15.2. The fourth-order valence-electron chi connectivity index (χ4n) is 10.3. The molecule has 10 aromatic carbocycles. The minimum atomic E-state index is -0.154. The maximum atomic E-state index is 2.54. The van der Waals surface area contributed by atoms with Crippen LogP contribution in [0, 0.1) is 0 Å². The van der Waals surface area contributed by atoms with Crippen molar-refractivity contribution >= 4 is 49.6 Å². The fraction of sp³-hybridized carbons (Fsp3) is 0.0492. The number of para-hydroxylation sites is 2. The highest BCUT2D eigenvalue weighted by Crippen LogP contribution is 2.55. The Morgan fingerprint density at radius 1 is 0.365 bits per heavy atom. The average molecular weight is 805 g/mol. The van der Waals surface area contributed by atoms with Crippen LogP contribution in [0.25, 0.3) is 82.8 Å². The van der Waals surface area contributed by atoms with Crippen LogP contribution < -0.4 is 4.90 Å². The summed E-state index contributed by atoms with van der Waals surface area (Å²) in [6, 6.07) is 84.7. The molecule has 0 N–H and O–H groups in total. The van der Waals surface area contributed by atoms with Gasteiger partial charge in [0.25, 0.3) is 0 Å². The summed E-state index contributed by atoms with van der Waals surface area (Å²) in [7, 11) is 0. The molecule has 1 heterocycles. The fourth-order valence-corrected chi connectivity index (χ4v) is 10.3. The number of aromatic nitrogens is 1. The number of fused-ring (bicyclic) bond motifs is 7. The van der Waals surface area contributed by atoms with Crippen molar-refractivity contribution in [2.45, 2.75) is 19.3 Å². The first-order valence-corrected chi connectivity index (χ1v) is 21.9. The minimum absolute atomic E-state index is 0.154. The Hall–Kier alpha value is -7.94. The predicted molar refractivity (Wildman–Crippen MR) is 267 cm³/mol. The Labute approximate surface area is 368 Å². The predicted octanol–water partition coefficient (Wildman–Crippen LogP) is 16.7. The first kappa shape index (κ1) is 36.9. The van der Waals surface area contributed by atoms with Gasteiger partial charge in [-0.3, -0.25) is 0 Å². The monoisotopic (exact) mass is 804 g/mol. The molecule has 0 bridgehead atoms. The summed E-state index contributed by atoms with van der Waals surface area (Å²) in [4.78, 5) is 2.54. The quantitative estimate of drug-likeness (QED) is 0.156. The zero-order valence-corrected chi connectivity index (χ0v) is 35.3. The van der Waals surface area contributed by atoms with Crippen LogP contribution in [-0.2, 0) is 5.41 Å². The summed E-state index contributed by atoms with van der Waals surface area (Å²) in [6.07, 6.45) is 0. The van der Waals surface area contributed by atoms with E-state index in [1.54, 1.807) is 0 Å². The molecule has 2 nitrogen and oxygen atoms in total. The number of hydrogen-bond acceptors (Lipinski definition) is 1. The van der Waals surface area contributed by atoms with Gasteiger partial charge in [0, 0.05) is 38.7 Å². The van der Waals surface area contributed by atoms with Crippen LogP contribution in [0.2, 0.25) is 0 Å². The van der Waals surface area contributed by atoms with Crippen LogP contribution in [0.5, 0.6) is 0 Å². The van der Waals surface area contributed by atoms with Gasteiger partial charge in [-0.1, -0.05) is 202 Å². The molecule has 0 saturated carbocycles. The summed E-state index contributed by atoms with van der Waals surface area (Å²) < 4.78 is 2.42. The molecule has 1 aromatic heterocycles. The first-order chi connectivity index (χ1) is 31.0. The topological polar surface area (TPSA) is 8.17 Å². The molecule has 0 unspecified atom stereocenters. The van der Waals surface area contributed by atoms with Gasteiger partial charge in [0.05, 0.1) is 22.4 Å². The lowest BCUT2D eigenvalue weighted by atomic mass is 9.82. The van der Waals surface area contributed by atoms with E-state index in [-0.39, 0.29) is 5.41 Å². The number of anilines is 3. The second-order valence-electron chi connectivity index (χ2n) is 17.3. The van der Waals surface area contributed by atoms with E-state index >= 15 is 0 Å². The summed E-state index contributed by atoms with van der Waals surface area (Å²) >= 11 is 0. The van der Waals surface area contributed by atoms with Crippen LogP contribution in [0.3, 0.4) is 0 Å². The molecule has 11 aromatic rings. The van der Waals surface area contributed by atoms with Crippen molar-refractivity contribution in [1.29, 1.82) is 0 Å². The van der Waals surface area contributed by atoms with Gasteiger partial charge in [-0.2, -0.15) is 0 Å². The van der Waals surface area contributed by atoms with Crippen molar-refractivity contribution < 1.29 is 0 Å². The van der Waals surface area contributed by atoms with Gasteiger partial charge in [0.2, 0.25) is 0 Å². The third-order valence-corrected chi connectivity index (χ3v) is 13.4. The minimum Gasteiger partial charge on any atom is -0.309 e. The zero-order valence-electron chi connectivity index (χ0n) is 35.3. The SMILES string of the molecule is CC1(C)c2ccccc2-c2c(N(c3ccc4c5ccccc5n(-c5ccccc5)c4c3)c3ccc4ccccc4c3-c3ccc(-c4ccc(-c5ccccc5)cc4)cc3)cccc21. The molecule has 12 rings (SSSR count). The smallest absolute Gasteiger partial charge is 0.0561 e. The van der Waals surface area contributed by atoms with Crippen molar-refractivity contribution in [2.75, 3.05) is 4.90 Å². The van der Waals surface area contributed by atoms with Gasteiger partial charge in [0.15, 0.2) is 0 Å². The Kier molecular flexibility index (Phi) is 8.55. The van der Waals surface area contributed by atoms with Gasteiger partial charge in [0.1, 0.15) is 0 Å². The van der Waals surface area contributed by atoms with Crippen LogP contribution >= 0.6 is 0 Å². The molecule has 1 aliphatic rings. The van der Waals surface area contributed by atoms with E-state index in [9.17, 15) is 0 Å². The maximum Gasteiger partial charge on any atom is 0.0561 e. The van der Waals surface area contributed by atoms with Gasteiger partial charge in [-0.25, -0.2) is 0 Å². The molecular formula is C61H44N2. The molecule has 0 amide bonds. The van der Waals surface area contributed by atoms with E-state index in [0.717, 1.165) is 17.1 Å². The Balaban J connectivity index is 1.10. The molecule has 0 fully saturated rings. The highest BCUT2D eigenvalue weighted by Gasteiger charge is 2.38. The Morgan fingerprint density at radius 2 is 0.921 bits per heavy atom. The summed E-state index contributed by atoms with van der Waals surface area (Å²) in [5, 5.41) is 4.90. The lowest BCUT2D eigenvalue weighted by Gasteiger charge is -2.31. The summed E-state index contributed by atoms with van der Waals surface area (Å²) in [5.41, 5.74) is 19.2. The number of nitrogens with zero attached hydrogens (tertiary/aromatic N) is 2. The number of hydrogen-bond donors (Lipinski definition) is 0. The lowest BCUT2D eigenvalue weighted by molar-refractivity contribution is 0.660. The lowest BCUT2D eigenvalue weighted by Crippen LogP contribution is -2.16. The van der Waals surface area contributed by atoms with Crippen LogP contribution in [0.1, 0.15) is 25.0 Å². The molecule has 0 aliphatic heterocycles. The molecule has 0 saturated heterocycles. The largest absolute Gasteiger partial charge is 0.309 e. The molecule has 63 heavy (non-hydrogen) atoms. The number of rotatable bonds is 7. The third kappa shape index (κ3) is 5.94. The van der Waals surface area contributed by atoms with E-state index in [0.29, 0.717) is 0 Å². The van der Waals surface area contributed by atoms with Crippen molar-refractivity contribution in [3.05, 3.63) is 242 Å². The first-order valence-electron chi connectivity index (χ1n) is 21.9. The second kappa shape index (κ2) is 14.6. The highest BCUT2D eigenvalue weighted by molar-refractivity contribution is 6.12. The molecule has 0 spiro atoms. The Bertz CT molecular complexity index is 3500. The zero-order chi connectivity index (χ0) is 42.1. The van der Waals surface area contributed by atoms with Crippen LogP contribution in [-0.4, -0.2) is 4.57 Å². The molecular weight excluding hydrogens is 761 g/mol. The Morgan fingerprint density at radius 3 is 1.67 bits per heavy atom. The molecule has 1 aliphatic carbocycles. The maximum absolute atomic E-state index is 2.54. The van der Waals surface area contributed by atoms with Crippen LogP contribution in [0.4, 0.5) is 17.1 Å². The third-order valence-electron chi connectivity index (χ3n) is 13.4. The van der Waals surface area contributed by atoms with Crippen molar-refractivity contribution in [1.82, 2.24) is 4.57 Å². The van der Waals surface area contributed by atoms with Crippen molar-refractivity contribution in [3.8, 4) is 50.2 Å². The van der Waals surface area contributed by atoms with E-state index in [1.165, 1.54) is 93.9 Å². The van der Waals surface area contributed by atoms with E-state index in [2.05, 4.69) is 254 Å². The normalized spacial score (nSPS) is 12.7. The standard InChI is InChI=1S/C61H44N2/c1-61(2)53-24-13-11-23-52(53)60-54(61)25-15-27-56(60)63(48-37-38-51-50-22-12-14-26-55(50)62(58(51)40-48)47-19-7-4-8-20-47)57-39-36-45-18-9-10-21-49(45)59(57)46-34-32-44(33-35-46)43-30-28-42(29-31-43)41-16-5-3-6-17-41/h3-40H,1-2H3. The average Bonchev–Trinajstić information content (AvgIpc) is 3.80. The summed E-state index contributed by atoms with van der Waals surface area (Å²) in [6.45, 7) is 4.74. The van der Waals surface area contributed by atoms with Gasteiger partial charge < -0.3 is 9.47 Å². The van der Waals surface area contributed by atoms with E-state index in [1.807, 2.05) is 0 Å². The molecule has 0 atom stereocenters. The van der Waals surface area contributed by atoms with Crippen LogP contribution in [0.15, 0.2) is 231 Å². The van der Waals surface area contributed by atoms with Crippen molar-refractivity contribution in [2.24, 2.45) is 0 Å². The number of benzene rings is 10. The van der Waals surface area contributed by atoms with E-state index in [4.69, 9.17) is 0 Å². The summed E-state index contributed by atoms with van der Waals surface area (Å²) in [5.74, 6) is 0. The molecule has 2 heteroatoms. The van der Waals surface area contributed by atoms with Gasteiger partial charge >= 0.3 is 0 Å². The second-order valence-corrected chi connectivity index (χ2v) is 17.3. The van der Waals surface area contributed by atoms with E-state index < -0.39 is 0 Å².